The average molecular weight is 319 g/mol. The van der Waals surface area contributed by atoms with E-state index in [-0.39, 0.29) is 6.42 Å². The van der Waals surface area contributed by atoms with Crippen molar-refractivity contribution in [2.24, 2.45) is 0 Å². The number of anilines is 1. The van der Waals surface area contributed by atoms with E-state index >= 15 is 0 Å². The van der Waals surface area contributed by atoms with Crippen LogP contribution >= 0.6 is 22.6 Å². The maximum Gasteiger partial charge on any atom is 0.303 e. The van der Waals surface area contributed by atoms with Gasteiger partial charge in [-0.2, -0.15) is 0 Å². The number of nitrogens with zero attached hydrogens (tertiary/aromatic N) is 1. The lowest BCUT2D eigenvalue weighted by atomic mass is 10.1. The number of benzene rings is 1. The third-order valence-corrected chi connectivity index (χ3v) is 3.21. The summed E-state index contributed by atoms with van der Waals surface area (Å²) in [6.07, 6.45) is 0.780. The lowest BCUT2D eigenvalue weighted by molar-refractivity contribution is -0.136. The van der Waals surface area contributed by atoms with Crippen molar-refractivity contribution >= 4 is 34.2 Å². The molecule has 0 heterocycles. The van der Waals surface area contributed by atoms with Gasteiger partial charge >= 0.3 is 5.97 Å². The second-order valence-electron chi connectivity index (χ2n) is 3.56. The number of hydrogen-bond donors (Lipinski definition) is 1. The topological polar surface area (TPSA) is 40.5 Å². The lowest BCUT2D eigenvalue weighted by Gasteiger charge is -2.14. The first-order valence-corrected chi connectivity index (χ1v) is 5.76. The summed E-state index contributed by atoms with van der Waals surface area (Å²) >= 11 is 2.24. The highest BCUT2D eigenvalue weighted by atomic mass is 127. The van der Waals surface area contributed by atoms with Gasteiger partial charge in [-0.25, -0.2) is 0 Å². The van der Waals surface area contributed by atoms with Gasteiger partial charge in [0.2, 0.25) is 0 Å². The molecule has 0 aliphatic carbocycles. The molecule has 1 rings (SSSR count). The van der Waals surface area contributed by atoms with Gasteiger partial charge in [0.05, 0.1) is 0 Å². The highest BCUT2D eigenvalue weighted by Crippen LogP contribution is 2.20. The number of carboxylic acid groups (broad SMARTS) is 1. The van der Waals surface area contributed by atoms with Gasteiger partial charge in [0.25, 0.3) is 0 Å². The van der Waals surface area contributed by atoms with Gasteiger partial charge in [-0.1, -0.05) is 0 Å². The van der Waals surface area contributed by atoms with Crippen LogP contribution in [0.1, 0.15) is 12.0 Å². The van der Waals surface area contributed by atoms with E-state index in [1.165, 1.54) is 0 Å². The second-order valence-corrected chi connectivity index (χ2v) is 4.73. The van der Waals surface area contributed by atoms with Crippen LogP contribution in [0.25, 0.3) is 0 Å². The summed E-state index contributed by atoms with van der Waals surface area (Å²) in [7, 11) is 3.95. The Morgan fingerprint density at radius 3 is 2.67 bits per heavy atom. The zero-order valence-corrected chi connectivity index (χ0v) is 11.0. The van der Waals surface area contributed by atoms with E-state index in [1.807, 2.05) is 37.2 Å². The third kappa shape index (κ3) is 3.70. The Bertz CT molecular complexity index is 364. The molecule has 0 fully saturated rings. The number of aryl methyl sites for hydroxylation is 1. The van der Waals surface area contributed by atoms with Gasteiger partial charge < -0.3 is 10.0 Å². The van der Waals surface area contributed by atoms with Crippen LogP contribution in [0.15, 0.2) is 18.2 Å². The Labute approximate surface area is 103 Å². The second kappa shape index (κ2) is 5.34. The van der Waals surface area contributed by atoms with Crippen LogP contribution in [0.2, 0.25) is 0 Å². The summed E-state index contributed by atoms with van der Waals surface area (Å²) < 4.78 is 1.12. The predicted molar refractivity (Wildman–Crippen MR) is 69.4 cm³/mol. The maximum absolute atomic E-state index is 10.5. The predicted octanol–water partition coefficient (Wildman–Crippen LogP) is 2.37. The van der Waals surface area contributed by atoms with Gasteiger partial charge in [0.15, 0.2) is 0 Å². The first-order chi connectivity index (χ1) is 7.00. The largest absolute Gasteiger partial charge is 0.481 e. The minimum Gasteiger partial charge on any atom is -0.481 e. The maximum atomic E-state index is 10.5. The molecule has 0 saturated heterocycles. The summed E-state index contributed by atoms with van der Waals surface area (Å²) in [6.45, 7) is 0. The summed E-state index contributed by atoms with van der Waals surface area (Å²) in [4.78, 5) is 12.5. The van der Waals surface area contributed by atoms with E-state index < -0.39 is 5.97 Å². The van der Waals surface area contributed by atoms with Gasteiger partial charge in [-0.15, -0.1) is 0 Å². The van der Waals surface area contributed by atoms with E-state index in [0.717, 1.165) is 14.8 Å². The molecule has 1 aromatic rings. The van der Waals surface area contributed by atoms with E-state index in [4.69, 9.17) is 5.11 Å². The van der Waals surface area contributed by atoms with Gasteiger partial charge in [0, 0.05) is 29.8 Å². The Morgan fingerprint density at radius 1 is 1.47 bits per heavy atom. The van der Waals surface area contributed by atoms with E-state index in [1.54, 1.807) is 0 Å². The summed E-state index contributed by atoms with van der Waals surface area (Å²) in [5.41, 5.74) is 2.21. The highest BCUT2D eigenvalue weighted by molar-refractivity contribution is 14.1. The van der Waals surface area contributed by atoms with E-state index in [9.17, 15) is 4.79 Å². The molecule has 4 heteroatoms. The monoisotopic (exact) mass is 319 g/mol. The Hall–Kier alpha value is -0.780. The van der Waals surface area contributed by atoms with Crippen LogP contribution in [0.5, 0.6) is 0 Å². The molecule has 0 unspecified atom stereocenters. The summed E-state index contributed by atoms with van der Waals surface area (Å²) in [6, 6.07) is 6.10. The quantitative estimate of drug-likeness (QED) is 0.866. The zero-order chi connectivity index (χ0) is 11.4. The van der Waals surface area contributed by atoms with Crippen molar-refractivity contribution in [1.29, 1.82) is 0 Å². The molecule has 1 N–H and O–H groups in total. The average Bonchev–Trinajstić information content (AvgIpc) is 2.16. The van der Waals surface area contributed by atoms with Crippen LogP contribution in [-0.4, -0.2) is 25.2 Å². The number of halogens is 1. The van der Waals surface area contributed by atoms with E-state index in [2.05, 4.69) is 22.6 Å². The highest BCUT2D eigenvalue weighted by Gasteiger charge is 2.05. The van der Waals surface area contributed by atoms with Crippen LogP contribution < -0.4 is 4.90 Å². The van der Waals surface area contributed by atoms with Crippen molar-refractivity contribution in [2.45, 2.75) is 12.8 Å². The smallest absolute Gasteiger partial charge is 0.303 e. The molecule has 82 valence electrons. The fourth-order valence-electron chi connectivity index (χ4n) is 1.27. The summed E-state index contributed by atoms with van der Waals surface area (Å²) in [5.74, 6) is -0.749. The first kappa shape index (κ1) is 12.3. The number of carbonyl (C=O) groups is 1. The molecule has 0 aliphatic heterocycles. The van der Waals surface area contributed by atoms with Crippen molar-refractivity contribution in [3.63, 3.8) is 0 Å². The molecule has 0 amide bonds. The van der Waals surface area contributed by atoms with Crippen LogP contribution in [0.4, 0.5) is 5.69 Å². The molecule has 1 aromatic carbocycles. The molecule has 0 atom stereocenters. The molecule has 0 aromatic heterocycles. The first-order valence-electron chi connectivity index (χ1n) is 4.68. The Balaban J connectivity index is 2.85. The fourth-order valence-corrected chi connectivity index (χ4v) is 1.88. The van der Waals surface area contributed by atoms with Crippen LogP contribution in [-0.2, 0) is 11.2 Å². The molecular weight excluding hydrogens is 305 g/mol. The van der Waals surface area contributed by atoms with Gasteiger partial charge in [-0.3, -0.25) is 4.79 Å². The molecule has 0 spiro atoms. The van der Waals surface area contributed by atoms with Crippen molar-refractivity contribution in [1.82, 2.24) is 0 Å². The number of rotatable bonds is 4. The number of aliphatic carboxylic acids is 1. The molecular formula is C11H14INO2. The minimum atomic E-state index is -0.749. The fraction of sp³-hybridized carbons (Fsp3) is 0.364. The zero-order valence-electron chi connectivity index (χ0n) is 8.83. The molecule has 0 saturated carbocycles. The summed E-state index contributed by atoms with van der Waals surface area (Å²) in [5, 5.41) is 8.63. The molecule has 0 radical (unpaired) electrons. The van der Waals surface area contributed by atoms with E-state index in [0.29, 0.717) is 6.42 Å². The van der Waals surface area contributed by atoms with Gasteiger partial charge in [0.1, 0.15) is 0 Å². The molecule has 15 heavy (non-hydrogen) atoms. The van der Waals surface area contributed by atoms with Crippen molar-refractivity contribution < 1.29 is 9.90 Å². The Kier molecular flexibility index (Phi) is 4.38. The van der Waals surface area contributed by atoms with Crippen molar-refractivity contribution in [3.8, 4) is 0 Å². The lowest BCUT2D eigenvalue weighted by Crippen LogP contribution is -2.09. The molecule has 0 bridgehead atoms. The van der Waals surface area contributed by atoms with Gasteiger partial charge in [-0.05, 0) is 52.8 Å². The number of carboxylic acids is 1. The minimum absolute atomic E-state index is 0.187. The Morgan fingerprint density at radius 2 is 2.13 bits per heavy atom. The van der Waals surface area contributed by atoms with Crippen LogP contribution in [0.3, 0.4) is 0 Å². The van der Waals surface area contributed by atoms with Crippen molar-refractivity contribution in [2.75, 3.05) is 19.0 Å². The molecule has 0 aliphatic rings. The van der Waals surface area contributed by atoms with Crippen molar-refractivity contribution in [3.05, 3.63) is 27.3 Å². The number of hydrogen-bond acceptors (Lipinski definition) is 2. The third-order valence-electron chi connectivity index (χ3n) is 2.15. The standard InChI is InChI=1S/C11H14INO2/c1-13(2)9-4-5-10(12)8(7-9)3-6-11(14)15/h4-5,7H,3,6H2,1-2H3,(H,14,15). The SMILES string of the molecule is CN(C)c1ccc(I)c(CCC(=O)O)c1. The molecule has 3 nitrogen and oxygen atoms in total. The normalized spacial score (nSPS) is 10.1. The van der Waals surface area contributed by atoms with Crippen LogP contribution in [0, 0.1) is 3.57 Å².